The minimum atomic E-state index is -0.248. The molecule has 1 aliphatic heterocycles. The first-order valence-corrected chi connectivity index (χ1v) is 9.41. The van der Waals surface area contributed by atoms with E-state index in [0.29, 0.717) is 21.3 Å². The van der Waals surface area contributed by atoms with E-state index in [9.17, 15) is 4.79 Å². The Hall–Kier alpha value is -1.23. The van der Waals surface area contributed by atoms with Crippen molar-refractivity contribution in [3.63, 3.8) is 0 Å². The second kappa shape index (κ2) is 7.77. The first-order chi connectivity index (χ1) is 11.6. The Morgan fingerprint density at radius 1 is 1.04 bits per heavy atom. The summed E-state index contributed by atoms with van der Waals surface area (Å²) >= 11 is 16.0. The van der Waals surface area contributed by atoms with E-state index in [1.54, 1.807) is 18.2 Å². The number of rotatable bonds is 3. The zero-order chi connectivity index (χ0) is 17.1. The number of carbonyl (C=O) groups is 1. The summed E-state index contributed by atoms with van der Waals surface area (Å²) in [5.74, 6) is -0.248. The number of nitrogens with one attached hydrogen (secondary N) is 1. The van der Waals surface area contributed by atoms with E-state index in [1.165, 1.54) is 6.42 Å². The standard InChI is InChI=1S/C18H17BrCl2N2O/c19-12-7-8-14(20)13(11-12)18(24)22-16-6-4-5-15(21)17(16)23-9-2-1-3-10-23/h4-8,11H,1-3,9-10H2,(H,22,24). The fourth-order valence-corrected chi connectivity index (χ4v) is 3.77. The second-order valence-corrected chi connectivity index (χ2v) is 7.49. The van der Waals surface area contributed by atoms with E-state index in [0.717, 1.165) is 36.1 Å². The fraction of sp³-hybridized carbons (Fsp3) is 0.278. The highest BCUT2D eigenvalue weighted by molar-refractivity contribution is 9.10. The van der Waals surface area contributed by atoms with Gasteiger partial charge in [-0.25, -0.2) is 0 Å². The number of piperidine rings is 1. The molecule has 0 radical (unpaired) electrons. The van der Waals surface area contributed by atoms with Crippen molar-refractivity contribution in [3.05, 3.63) is 56.5 Å². The van der Waals surface area contributed by atoms with Crippen LogP contribution in [0.15, 0.2) is 40.9 Å². The lowest BCUT2D eigenvalue weighted by atomic mass is 10.1. The molecule has 3 nitrogen and oxygen atoms in total. The minimum Gasteiger partial charge on any atom is -0.369 e. The highest BCUT2D eigenvalue weighted by Crippen LogP contribution is 2.36. The topological polar surface area (TPSA) is 32.3 Å². The van der Waals surface area contributed by atoms with E-state index < -0.39 is 0 Å². The number of carbonyl (C=O) groups excluding carboxylic acids is 1. The third kappa shape index (κ3) is 3.88. The van der Waals surface area contributed by atoms with Crippen LogP contribution in [0, 0.1) is 0 Å². The van der Waals surface area contributed by atoms with Gasteiger partial charge in [0.15, 0.2) is 0 Å². The van der Waals surface area contributed by atoms with Gasteiger partial charge in [-0.15, -0.1) is 0 Å². The molecular formula is C18H17BrCl2N2O. The first kappa shape index (κ1) is 17.6. The highest BCUT2D eigenvalue weighted by atomic mass is 79.9. The Kier molecular flexibility index (Phi) is 5.69. The number of amides is 1. The zero-order valence-corrected chi connectivity index (χ0v) is 16.1. The van der Waals surface area contributed by atoms with Crippen molar-refractivity contribution in [1.82, 2.24) is 0 Å². The molecule has 0 bridgehead atoms. The molecule has 3 rings (SSSR count). The van der Waals surface area contributed by atoms with Crippen molar-refractivity contribution in [1.29, 1.82) is 0 Å². The summed E-state index contributed by atoms with van der Waals surface area (Å²) in [6.07, 6.45) is 3.50. The molecule has 2 aromatic rings. The van der Waals surface area contributed by atoms with Crippen molar-refractivity contribution >= 4 is 56.4 Å². The van der Waals surface area contributed by atoms with Crippen LogP contribution in [0.25, 0.3) is 0 Å². The molecule has 24 heavy (non-hydrogen) atoms. The number of para-hydroxylation sites is 1. The largest absolute Gasteiger partial charge is 0.369 e. The van der Waals surface area contributed by atoms with E-state index >= 15 is 0 Å². The zero-order valence-electron chi connectivity index (χ0n) is 13.0. The van der Waals surface area contributed by atoms with Crippen LogP contribution in [-0.2, 0) is 0 Å². The lowest BCUT2D eigenvalue weighted by Gasteiger charge is -2.31. The summed E-state index contributed by atoms with van der Waals surface area (Å²) in [6, 6.07) is 10.8. The van der Waals surface area contributed by atoms with Crippen LogP contribution in [0.1, 0.15) is 29.6 Å². The molecule has 0 aliphatic carbocycles. The molecule has 1 aliphatic rings. The van der Waals surface area contributed by atoms with Gasteiger partial charge in [-0.05, 0) is 49.6 Å². The maximum absolute atomic E-state index is 12.7. The smallest absolute Gasteiger partial charge is 0.257 e. The second-order valence-electron chi connectivity index (χ2n) is 5.76. The maximum Gasteiger partial charge on any atom is 0.257 e. The lowest BCUT2D eigenvalue weighted by molar-refractivity contribution is 0.102. The Bertz CT molecular complexity index is 761. The molecule has 1 amide bonds. The number of hydrogen-bond acceptors (Lipinski definition) is 2. The van der Waals surface area contributed by atoms with E-state index in [1.807, 2.05) is 18.2 Å². The van der Waals surface area contributed by atoms with Gasteiger partial charge in [0, 0.05) is 17.6 Å². The van der Waals surface area contributed by atoms with Crippen molar-refractivity contribution in [3.8, 4) is 0 Å². The van der Waals surface area contributed by atoms with Gasteiger partial charge in [0.05, 0.1) is 27.0 Å². The molecule has 0 saturated carbocycles. The van der Waals surface area contributed by atoms with Crippen molar-refractivity contribution in [2.24, 2.45) is 0 Å². The Morgan fingerprint density at radius 2 is 1.79 bits per heavy atom. The molecule has 2 aromatic carbocycles. The van der Waals surface area contributed by atoms with Crippen molar-refractivity contribution in [2.75, 3.05) is 23.3 Å². The predicted molar refractivity (Wildman–Crippen MR) is 105 cm³/mol. The minimum absolute atomic E-state index is 0.248. The molecule has 1 N–H and O–H groups in total. The summed E-state index contributed by atoms with van der Waals surface area (Å²) in [7, 11) is 0. The molecule has 0 spiro atoms. The summed E-state index contributed by atoms with van der Waals surface area (Å²) in [6.45, 7) is 1.90. The summed E-state index contributed by atoms with van der Waals surface area (Å²) in [5.41, 5.74) is 2.03. The molecule has 1 fully saturated rings. The first-order valence-electron chi connectivity index (χ1n) is 7.86. The SMILES string of the molecule is O=C(Nc1cccc(Cl)c1N1CCCCC1)c1cc(Br)ccc1Cl. The number of nitrogens with zero attached hydrogens (tertiary/aromatic N) is 1. The number of hydrogen-bond donors (Lipinski definition) is 1. The normalized spacial score (nSPS) is 14.5. The van der Waals surface area contributed by atoms with Crippen LogP contribution < -0.4 is 10.2 Å². The van der Waals surface area contributed by atoms with Gasteiger partial charge < -0.3 is 10.2 Å². The van der Waals surface area contributed by atoms with Gasteiger partial charge in [0.2, 0.25) is 0 Å². The molecule has 126 valence electrons. The van der Waals surface area contributed by atoms with Crippen molar-refractivity contribution in [2.45, 2.75) is 19.3 Å². The third-order valence-corrected chi connectivity index (χ3v) is 5.21. The summed E-state index contributed by atoms with van der Waals surface area (Å²) in [5, 5.41) is 4.02. The van der Waals surface area contributed by atoms with Crippen LogP contribution in [0.3, 0.4) is 0 Å². The maximum atomic E-state index is 12.7. The summed E-state index contributed by atoms with van der Waals surface area (Å²) in [4.78, 5) is 14.9. The van der Waals surface area contributed by atoms with Gasteiger partial charge in [0.1, 0.15) is 0 Å². The van der Waals surface area contributed by atoms with Crippen LogP contribution in [0.5, 0.6) is 0 Å². The fourth-order valence-electron chi connectivity index (χ4n) is 2.92. The van der Waals surface area contributed by atoms with Crippen LogP contribution in [0.4, 0.5) is 11.4 Å². The van der Waals surface area contributed by atoms with Crippen LogP contribution in [-0.4, -0.2) is 19.0 Å². The molecule has 0 unspecified atom stereocenters. The average Bonchev–Trinajstić information content (AvgIpc) is 2.58. The molecule has 1 saturated heterocycles. The van der Waals surface area contributed by atoms with E-state index in [-0.39, 0.29) is 5.91 Å². The lowest BCUT2D eigenvalue weighted by Crippen LogP contribution is -2.30. The predicted octanol–water partition coefficient (Wildman–Crippen LogP) is 6.00. The number of halogens is 3. The third-order valence-electron chi connectivity index (χ3n) is 4.08. The van der Waals surface area contributed by atoms with Crippen LogP contribution in [0.2, 0.25) is 10.0 Å². The Labute approximate surface area is 160 Å². The van der Waals surface area contributed by atoms with E-state index in [4.69, 9.17) is 23.2 Å². The van der Waals surface area contributed by atoms with Gasteiger partial charge in [-0.2, -0.15) is 0 Å². The summed E-state index contributed by atoms with van der Waals surface area (Å²) < 4.78 is 0.805. The Morgan fingerprint density at radius 3 is 2.54 bits per heavy atom. The Balaban J connectivity index is 1.91. The highest BCUT2D eigenvalue weighted by Gasteiger charge is 2.20. The number of benzene rings is 2. The van der Waals surface area contributed by atoms with Gasteiger partial charge >= 0.3 is 0 Å². The van der Waals surface area contributed by atoms with Gasteiger partial charge in [0.25, 0.3) is 5.91 Å². The molecule has 6 heteroatoms. The molecule has 0 atom stereocenters. The molecule has 0 aromatic heterocycles. The van der Waals surface area contributed by atoms with Crippen molar-refractivity contribution < 1.29 is 4.79 Å². The quantitative estimate of drug-likeness (QED) is 0.651. The van der Waals surface area contributed by atoms with Gasteiger partial charge in [-0.3, -0.25) is 4.79 Å². The monoisotopic (exact) mass is 426 g/mol. The van der Waals surface area contributed by atoms with Crippen LogP contribution >= 0.6 is 39.1 Å². The average molecular weight is 428 g/mol. The van der Waals surface area contributed by atoms with E-state index in [2.05, 4.69) is 26.1 Å². The number of anilines is 2. The van der Waals surface area contributed by atoms with Gasteiger partial charge in [-0.1, -0.05) is 45.2 Å². The molecular weight excluding hydrogens is 411 g/mol. The molecule has 1 heterocycles.